The van der Waals surface area contributed by atoms with Gasteiger partial charge >= 0.3 is 6.18 Å². The molecule has 3 rings (SSSR count). The second kappa shape index (κ2) is 5.61. The topological polar surface area (TPSA) is 62.4 Å². The molecule has 0 spiro atoms. The van der Waals surface area contributed by atoms with E-state index in [2.05, 4.69) is 10.1 Å². The van der Waals surface area contributed by atoms with E-state index in [9.17, 15) is 18.3 Å². The second-order valence-corrected chi connectivity index (χ2v) is 5.75. The van der Waals surface area contributed by atoms with Crippen molar-refractivity contribution in [3.05, 3.63) is 36.2 Å². The van der Waals surface area contributed by atoms with E-state index in [1.807, 2.05) is 18.2 Å². The molecule has 1 aliphatic rings. The van der Waals surface area contributed by atoms with Gasteiger partial charge in [0.05, 0.1) is 6.04 Å². The van der Waals surface area contributed by atoms with Gasteiger partial charge in [-0.1, -0.05) is 23.4 Å². The van der Waals surface area contributed by atoms with Crippen LogP contribution in [0, 0.1) is 0 Å². The van der Waals surface area contributed by atoms with E-state index in [0.29, 0.717) is 11.7 Å². The SMILES string of the molecule is C[C@H](c1noc(-c2ccccc2)n1)N1CC[C@@](O)(C(F)(F)F)C1. The maximum atomic E-state index is 12.9. The van der Waals surface area contributed by atoms with Crippen LogP contribution in [0.25, 0.3) is 11.5 Å². The molecule has 124 valence electrons. The van der Waals surface area contributed by atoms with Gasteiger partial charge in [-0.25, -0.2) is 0 Å². The molecule has 0 radical (unpaired) electrons. The summed E-state index contributed by atoms with van der Waals surface area (Å²) in [6.45, 7) is 1.32. The van der Waals surface area contributed by atoms with Crippen LogP contribution in [-0.2, 0) is 0 Å². The molecule has 1 saturated heterocycles. The number of alkyl halides is 3. The number of hydrogen-bond acceptors (Lipinski definition) is 5. The fourth-order valence-electron chi connectivity index (χ4n) is 2.65. The van der Waals surface area contributed by atoms with Crippen molar-refractivity contribution in [3.8, 4) is 11.5 Å². The predicted octanol–water partition coefficient (Wildman–Crippen LogP) is 2.80. The zero-order valence-corrected chi connectivity index (χ0v) is 12.4. The number of halogens is 3. The molecule has 0 amide bonds. The van der Waals surface area contributed by atoms with Gasteiger partial charge in [0.25, 0.3) is 5.89 Å². The van der Waals surface area contributed by atoms with Gasteiger partial charge in [0.1, 0.15) is 0 Å². The van der Waals surface area contributed by atoms with Crippen LogP contribution in [-0.4, -0.2) is 45.0 Å². The number of β-amino-alcohol motifs (C(OH)–C–C–N with tert-alkyl or cyclic N) is 1. The minimum absolute atomic E-state index is 0.117. The number of aliphatic hydroxyl groups is 1. The number of rotatable bonds is 3. The van der Waals surface area contributed by atoms with Gasteiger partial charge in [0, 0.05) is 18.7 Å². The first-order chi connectivity index (χ1) is 10.8. The van der Waals surface area contributed by atoms with Crippen molar-refractivity contribution < 1.29 is 22.8 Å². The Bertz CT molecular complexity index is 674. The summed E-state index contributed by atoms with van der Waals surface area (Å²) >= 11 is 0. The summed E-state index contributed by atoms with van der Waals surface area (Å²) in [4.78, 5) is 5.76. The van der Waals surface area contributed by atoms with Crippen LogP contribution in [0.2, 0.25) is 0 Å². The van der Waals surface area contributed by atoms with Crippen molar-refractivity contribution in [2.45, 2.75) is 31.2 Å². The second-order valence-electron chi connectivity index (χ2n) is 5.75. The molecule has 0 aliphatic carbocycles. The Morgan fingerprint density at radius 2 is 2.00 bits per heavy atom. The van der Waals surface area contributed by atoms with Crippen LogP contribution in [0.15, 0.2) is 34.9 Å². The molecule has 1 fully saturated rings. The Morgan fingerprint density at radius 3 is 2.61 bits per heavy atom. The van der Waals surface area contributed by atoms with Crippen molar-refractivity contribution in [2.24, 2.45) is 0 Å². The summed E-state index contributed by atoms with van der Waals surface area (Å²) in [5.41, 5.74) is -1.93. The maximum absolute atomic E-state index is 12.9. The molecule has 1 N–H and O–H groups in total. The highest BCUT2D eigenvalue weighted by molar-refractivity contribution is 5.52. The third-order valence-electron chi connectivity index (χ3n) is 4.19. The van der Waals surface area contributed by atoms with Gasteiger partial charge in [-0.05, 0) is 25.5 Å². The Morgan fingerprint density at radius 1 is 1.30 bits per heavy atom. The molecule has 2 atom stereocenters. The van der Waals surface area contributed by atoms with Crippen LogP contribution in [0.5, 0.6) is 0 Å². The molecule has 5 nitrogen and oxygen atoms in total. The molecule has 1 aromatic heterocycles. The van der Waals surface area contributed by atoms with Gasteiger partial charge in [-0.3, -0.25) is 4.90 Å². The van der Waals surface area contributed by atoms with Crippen LogP contribution >= 0.6 is 0 Å². The fourth-order valence-corrected chi connectivity index (χ4v) is 2.65. The normalized spacial score (nSPS) is 24.0. The quantitative estimate of drug-likeness (QED) is 0.939. The van der Waals surface area contributed by atoms with E-state index in [1.165, 1.54) is 4.90 Å². The maximum Gasteiger partial charge on any atom is 0.418 e. The largest absolute Gasteiger partial charge is 0.418 e. The van der Waals surface area contributed by atoms with Crippen molar-refractivity contribution in [3.63, 3.8) is 0 Å². The van der Waals surface area contributed by atoms with Gasteiger partial charge < -0.3 is 9.63 Å². The van der Waals surface area contributed by atoms with Gasteiger partial charge in [0.2, 0.25) is 0 Å². The summed E-state index contributed by atoms with van der Waals surface area (Å²) in [6.07, 6.45) is -5.00. The third-order valence-corrected chi connectivity index (χ3v) is 4.19. The molecule has 23 heavy (non-hydrogen) atoms. The van der Waals surface area contributed by atoms with Gasteiger partial charge in [-0.15, -0.1) is 0 Å². The molecule has 0 saturated carbocycles. The third kappa shape index (κ3) is 2.96. The van der Waals surface area contributed by atoms with Crippen molar-refractivity contribution in [1.82, 2.24) is 15.0 Å². The molecule has 8 heteroatoms. The molecule has 2 aromatic rings. The highest BCUT2D eigenvalue weighted by Crippen LogP contribution is 2.40. The highest BCUT2D eigenvalue weighted by Gasteiger charge is 2.57. The first-order valence-electron chi connectivity index (χ1n) is 7.22. The van der Waals surface area contributed by atoms with E-state index >= 15 is 0 Å². The summed E-state index contributed by atoms with van der Waals surface area (Å²) in [6, 6.07) is 8.64. The predicted molar refractivity (Wildman–Crippen MR) is 75.3 cm³/mol. The first kappa shape index (κ1) is 15.9. The molecule has 1 aliphatic heterocycles. The van der Waals surface area contributed by atoms with E-state index in [-0.39, 0.29) is 13.0 Å². The summed E-state index contributed by atoms with van der Waals surface area (Å²) in [5.74, 6) is 0.619. The lowest BCUT2D eigenvalue weighted by molar-refractivity contribution is -0.254. The number of benzene rings is 1. The van der Waals surface area contributed by atoms with E-state index < -0.39 is 24.4 Å². The molecular weight excluding hydrogens is 311 g/mol. The Hall–Kier alpha value is -1.93. The molecule has 1 aromatic carbocycles. The van der Waals surface area contributed by atoms with Crippen LogP contribution in [0.1, 0.15) is 25.2 Å². The van der Waals surface area contributed by atoms with Crippen molar-refractivity contribution >= 4 is 0 Å². The average Bonchev–Trinajstić information content (AvgIpc) is 3.14. The number of aromatic nitrogens is 2. The van der Waals surface area contributed by atoms with E-state index in [0.717, 1.165) is 5.56 Å². The molecule has 0 bridgehead atoms. The van der Waals surface area contributed by atoms with Crippen LogP contribution in [0.4, 0.5) is 13.2 Å². The zero-order chi connectivity index (χ0) is 16.7. The smallest absolute Gasteiger partial charge is 0.379 e. The van der Waals surface area contributed by atoms with Crippen molar-refractivity contribution in [2.75, 3.05) is 13.1 Å². The summed E-state index contributed by atoms with van der Waals surface area (Å²) < 4.78 is 43.8. The Balaban J connectivity index is 1.75. The fraction of sp³-hybridized carbons (Fsp3) is 0.467. The standard InChI is InChI=1S/C15H16F3N3O2/c1-10(21-8-7-14(22,9-21)15(16,17)18)12-19-13(23-20-12)11-5-3-2-4-6-11/h2-6,10,22H,7-9H2,1H3/t10-,14+/m1/s1. The monoisotopic (exact) mass is 327 g/mol. The van der Waals surface area contributed by atoms with Crippen LogP contribution < -0.4 is 0 Å². The zero-order valence-electron chi connectivity index (χ0n) is 12.4. The lowest BCUT2D eigenvalue weighted by Crippen LogP contribution is -2.47. The Kier molecular flexibility index (Phi) is 3.89. The minimum Gasteiger partial charge on any atom is -0.379 e. The lowest BCUT2D eigenvalue weighted by Gasteiger charge is -2.27. The number of hydrogen-bond donors (Lipinski definition) is 1. The van der Waals surface area contributed by atoms with E-state index in [1.54, 1.807) is 19.1 Å². The molecule has 2 heterocycles. The highest BCUT2D eigenvalue weighted by atomic mass is 19.4. The minimum atomic E-state index is -4.64. The summed E-state index contributed by atoms with van der Waals surface area (Å²) in [7, 11) is 0. The number of nitrogens with zero attached hydrogens (tertiary/aromatic N) is 3. The first-order valence-corrected chi connectivity index (χ1v) is 7.22. The number of likely N-dealkylation sites (tertiary alicyclic amines) is 1. The lowest BCUT2D eigenvalue weighted by atomic mass is 10.0. The summed E-state index contributed by atoms with van der Waals surface area (Å²) in [5, 5.41) is 13.6. The molecular formula is C15H16F3N3O2. The van der Waals surface area contributed by atoms with Gasteiger partial charge in [-0.2, -0.15) is 18.2 Å². The van der Waals surface area contributed by atoms with E-state index in [4.69, 9.17) is 4.52 Å². The molecule has 0 unspecified atom stereocenters. The van der Waals surface area contributed by atoms with Crippen LogP contribution in [0.3, 0.4) is 0 Å². The Labute approximate surface area is 130 Å². The average molecular weight is 327 g/mol. The van der Waals surface area contributed by atoms with Gasteiger partial charge in [0.15, 0.2) is 11.4 Å². The van der Waals surface area contributed by atoms with Crippen molar-refractivity contribution in [1.29, 1.82) is 0 Å².